The highest BCUT2D eigenvalue weighted by atomic mass is 16.6. The zero-order valence-electron chi connectivity index (χ0n) is 16.6. The third-order valence-corrected chi connectivity index (χ3v) is 4.56. The molecule has 1 heterocycles. The third-order valence-electron chi connectivity index (χ3n) is 4.56. The summed E-state index contributed by atoms with van der Waals surface area (Å²) < 4.78 is 15.9. The minimum absolute atomic E-state index is 0.0989. The zero-order chi connectivity index (χ0) is 21.5. The number of guanidine groups is 1. The molecule has 2 aromatic carbocycles. The molecule has 0 radical (unpaired) electrons. The second-order valence-corrected chi connectivity index (χ2v) is 6.72. The Morgan fingerprint density at radius 3 is 2.70 bits per heavy atom. The van der Waals surface area contributed by atoms with Gasteiger partial charge in [0.25, 0.3) is 0 Å². The molecule has 1 atom stereocenters. The number of anilines is 1. The van der Waals surface area contributed by atoms with Crippen molar-refractivity contribution >= 4 is 23.7 Å². The lowest BCUT2D eigenvalue weighted by Crippen LogP contribution is -2.29. The largest absolute Gasteiger partial charge is 0.489 e. The molecular weight excluding hydrogens is 388 g/mol. The SMILES string of the molecule is COC(=O)Cc1ccccc1OCC1CN(c2ccc(CNC(=N)N)cc2)C(=O)O1. The van der Waals surface area contributed by atoms with E-state index in [9.17, 15) is 9.59 Å². The molecule has 9 heteroatoms. The molecule has 4 N–H and O–H groups in total. The van der Waals surface area contributed by atoms with Crippen molar-refractivity contribution in [1.29, 1.82) is 5.41 Å². The van der Waals surface area contributed by atoms with Gasteiger partial charge in [-0.15, -0.1) is 0 Å². The Morgan fingerprint density at radius 2 is 2.00 bits per heavy atom. The van der Waals surface area contributed by atoms with E-state index >= 15 is 0 Å². The lowest BCUT2D eigenvalue weighted by molar-refractivity contribution is -0.139. The second kappa shape index (κ2) is 9.64. The van der Waals surface area contributed by atoms with Crippen LogP contribution in [0.25, 0.3) is 0 Å². The highest BCUT2D eigenvalue weighted by Crippen LogP contribution is 2.24. The normalized spacial score (nSPS) is 15.4. The summed E-state index contributed by atoms with van der Waals surface area (Å²) in [5.41, 5.74) is 7.63. The number of para-hydroxylation sites is 1. The first-order chi connectivity index (χ1) is 14.5. The monoisotopic (exact) mass is 412 g/mol. The van der Waals surface area contributed by atoms with Crippen LogP contribution in [-0.2, 0) is 27.2 Å². The number of benzene rings is 2. The minimum Gasteiger partial charge on any atom is -0.489 e. The highest BCUT2D eigenvalue weighted by molar-refractivity contribution is 5.89. The van der Waals surface area contributed by atoms with Crippen LogP contribution in [0.2, 0.25) is 0 Å². The fraction of sp³-hybridized carbons (Fsp3) is 0.286. The maximum atomic E-state index is 12.3. The van der Waals surface area contributed by atoms with Crippen LogP contribution in [0.4, 0.5) is 10.5 Å². The van der Waals surface area contributed by atoms with Gasteiger partial charge in [-0.25, -0.2) is 4.79 Å². The lowest BCUT2D eigenvalue weighted by atomic mass is 10.1. The number of rotatable bonds is 8. The first-order valence-corrected chi connectivity index (χ1v) is 9.38. The first-order valence-electron chi connectivity index (χ1n) is 9.38. The molecule has 3 rings (SSSR count). The lowest BCUT2D eigenvalue weighted by Gasteiger charge is -2.15. The van der Waals surface area contributed by atoms with E-state index in [1.54, 1.807) is 12.1 Å². The van der Waals surface area contributed by atoms with E-state index in [0.29, 0.717) is 30.1 Å². The van der Waals surface area contributed by atoms with Gasteiger partial charge in [-0.05, 0) is 23.8 Å². The topological polar surface area (TPSA) is 127 Å². The molecule has 1 aliphatic rings. The molecular formula is C21H24N4O5. The zero-order valence-corrected chi connectivity index (χ0v) is 16.6. The molecule has 30 heavy (non-hydrogen) atoms. The van der Waals surface area contributed by atoms with Crippen LogP contribution >= 0.6 is 0 Å². The van der Waals surface area contributed by atoms with E-state index in [0.717, 1.165) is 5.56 Å². The van der Waals surface area contributed by atoms with E-state index in [1.165, 1.54) is 12.0 Å². The van der Waals surface area contributed by atoms with E-state index < -0.39 is 12.2 Å². The van der Waals surface area contributed by atoms with Gasteiger partial charge in [0.05, 0.1) is 20.1 Å². The quantitative estimate of drug-likeness (QED) is 0.343. The van der Waals surface area contributed by atoms with Crippen molar-refractivity contribution in [1.82, 2.24) is 5.32 Å². The number of nitrogens with one attached hydrogen (secondary N) is 2. The van der Waals surface area contributed by atoms with Gasteiger partial charge in [-0.2, -0.15) is 0 Å². The van der Waals surface area contributed by atoms with Gasteiger partial charge >= 0.3 is 12.1 Å². The average molecular weight is 412 g/mol. The summed E-state index contributed by atoms with van der Waals surface area (Å²) in [6.45, 7) is 0.950. The Balaban J connectivity index is 1.58. The number of hydrogen-bond acceptors (Lipinski definition) is 6. The molecule has 0 aromatic heterocycles. The number of cyclic esters (lactones) is 1. The number of esters is 1. The van der Waals surface area contributed by atoms with E-state index in [-0.39, 0.29) is 25.0 Å². The molecule has 0 aliphatic carbocycles. The van der Waals surface area contributed by atoms with Gasteiger partial charge in [-0.1, -0.05) is 30.3 Å². The van der Waals surface area contributed by atoms with Gasteiger partial charge < -0.3 is 25.3 Å². The predicted octanol–water partition coefficient (Wildman–Crippen LogP) is 1.79. The second-order valence-electron chi connectivity index (χ2n) is 6.72. The molecule has 1 aliphatic heterocycles. The van der Waals surface area contributed by atoms with Gasteiger partial charge in [0.2, 0.25) is 0 Å². The molecule has 0 bridgehead atoms. The van der Waals surface area contributed by atoms with Gasteiger partial charge in [0.1, 0.15) is 12.4 Å². The Hall–Kier alpha value is -3.75. The van der Waals surface area contributed by atoms with Crippen molar-refractivity contribution in [3.05, 3.63) is 59.7 Å². The number of ether oxygens (including phenoxy) is 3. The Bertz CT molecular complexity index is 916. The van der Waals surface area contributed by atoms with E-state index in [4.69, 9.17) is 25.4 Å². The van der Waals surface area contributed by atoms with Crippen molar-refractivity contribution in [2.45, 2.75) is 19.1 Å². The number of carbonyl (C=O) groups is 2. The van der Waals surface area contributed by atoms with Crippen molar-refractivity contribution in [3.8, 4) is 5.75 Å². The fourth-order valence-electron chi connectivity index (χ4n) is 3.01. The van der Waals surface area contributed by atoms with Crippen molar-refractivity contribution in [2.75, 3.05) is 25.2 Å². The predicted molar refractivity (Wildman–Crippen MR) is 110 cm³/mol. The number of amides is 1. The summed E-state index contributed by atoms with van der Waals surface area (Å²) >= 11 is 0. The number of nitrogens with zero attached hydrogens (tertiary/aromatic N) is 1. The smallest absolute Gasteiger partial charge is 0.414 e. The standard InChI is InChI=1S/C21H24N4O5/c1-28-19(26)10-15-4-2-3-5-18(15)29-13-17-12-25(21(27)30-17)16-8-6-14(7-9-16)11-24-20(22)23/h2-9,17H,10-13H2,1H3,(H4,22,23,24). The molecule has 0 spiro atoms. The fourth-order valence-corrected chi connectivity index (χ4v) is 3.01. The maximum absolute atomic E-state index is 12.3. The Kier molecular flexibility index (Phi) is 6.74. The number of carbonyl (C=O) groups excluding carboxylic acids is 2. The van der Waals surface area contributed by atoms with Gasteiger partial charge in [-0.3, -0.25) is 15.1 Å². The summed E-state index contributed by atoms with van der Waals surface area (Å²) in [6.07, 6.45) is -0.780. The third kappa shape index (κ3) is 5.40. The Morgan fingerprint density at radius 1 is 1.27 bits per heavy atom. The summed E-state index contributed by atoms with van der Waals surface area (Å²) in [5.74, 6) is 0.101. The molecule has 9 nitrogen and oxygen atoms in total. The van der Waals surface area contributed by atoms with Crippen LogP contribution < -0.4 is 20.7 Å². The van der Waals surface area contributed by atoms with Crippen LogP contribution in [0.1, 0.15) is 11.1 Å². The van der Waals surface area contributed by atoms with Crippen LogP contribution in [0, 0.1) is 5.41 Å². The average Bonchev–Trinajstić information content (AvgIpc) is 3.12. The van der Waals surface area contributed by atoms with E-state index in [2.05, 4.69) is 5.32 Å². The van der Waals surface area contributed by atoms with Crippen LogP contribution in [-0.4, -0.2) is 44.4 Å². The van der Waals surface area contributed by atoms with Crippen molar-refractivity contribution < 1.29 is 23.8 Å². The first kappa shape index (κ1) is 21.0. The molecule has 1 fully saturated rings. The minimum atomic E-state index is -0.443. The maximum Gasteiger partial charge on any atom is 0.414 e. The van der Waals surface area contributed by atoms with Gasteiger partial charge in [0, 0.05) is 17.8 Å². The summed E-state index contributed by atoms with van der Waals surface area (Å²) in [6, 6.07) is 14.5. The van der Waals surface area contributed by atoms with Crippen molar-refractivity contribution in [3.63, 3.8) is 0 Å². The summed E-state index contributed by atoms with van der Waals surface area (Å²) in [7, 11) is 1.34. The van der Waals surface area contributed by atoms with Gasteiger partial charge in [0.15, 0.2) is 12.1 Å². The number of methoxy groups -OCH3 is 1. The molecule has 1 unspecified atom stereocenters. The molecule has 1 amide bonds. The van der Waals surface area contributed by atoms with Crippen LogP contribution in [0.5, 0.6) is 5.75 Å². The molecule has 2 aromatic rings. The van der Waals surface area contributed by atoms with E-state index in [1.807, 2.05) is 36.4 Å². The highest BCUT2D eigenvalue weighted by Gasteiger charge is 2.33. The summed E-state index contributed by atoms with van der Waals surface area (Å²) in [5, 5.41) is 9.92. The van der Waals surface area contributed by atoms with Crippen LogP contribution in [0.15, 0.2) is 48.5 Å². The molecule has 1 saturated heterocycles. The molecule has 0 saturated carbocycles. The summed E-state index contributed by atoms with van der Waals surface area (Å²) in [4.78, 5) is 25.4. The van der Waals surface area contributed by atoms with Crippen LogP contribution in [0.3, 0.4) is 0 Å². The Labute approximate surface area is 174 Å². The van der Waals surface area contributed by atoms with Crippen molar-refractivity contribution in [2.24, 2.45) is 5.73 Å². The molecule has 158 valence electrons. The number of nitrogens with two attached hydrogens (primary N) is 1. The number of hydrogen-bond donors (Lipinski definition) is 3.